The molecule has 1 saturated heterocycles. The fourth-order valence-corrected chi connectivity index (χ4v) is 3.27. The van der Waals surface area contributed by atoms with Crippen LogP contribution < -0.4 is 10.6 Å². The molecular weight excluding hydrogens is 373 g/mol. The molecule has 0 aromatic heterocycles. The summed E-state index contributed by atoms with van der Waals surface area (Å²) in [5.74, 6) is 0.0978. The van der Waals surface area contributed by atoms with E-state index in [1.807, 2.05) is 11.9 Å². The molecule has 1 atom stereocenters. The Morgan fingerprint density at radius 2 is 1.77 bits per heavy atom. The van der Waals surface area contributed by atoms with Crippen LogP contribution in [-0.2, 0) is 4.79 Å². The lowest BCUT2D eigenvalue weighted by Crippen LogP contribution is -2.52. The Hall–Kier alpha value is -1.30. The van der Waals surface area contributed by atoms with Crippen LogP contribution in [0.3, 0.4) is 0 Å². The second-order valence-corrected chi connectivity index (χ2v) is 7.49. The van der Waals surface area contributed by atoms with Crippen LogP contribution in [0.4, 0.5) is 0 Å². The Balaban J connectivity index is 0.00000338. The molecule has 0 radical (unpaired) electrons. The molecule has 0 aliphatic carbocycles. The normalized spacial score (nSPS) is 16.1. The number of likely N-dealkylation sites (tertiary alicyclic amines) is 1. The van der Waals surface area contributed by atoms with E-state index in [-0.39, 0.29) is 24.2 Å². The van der Waals surface area contributed by atoms with E-state index in [2.05, 4.69) is 24.5 Å². The molecule has 0 bridgehead atoms. The van der Waals surface area contributed by atoms with Gasteiger partial charge in [-0.05, 0) is 56.5 Å². The van der Waals surface area contributed by atoms with Crippen LogP contribution >= 0.6 is 24.0 Å². The average molecular weight is 402 g/mol. The number of carbonyl (C=O) groups is 2. The van der Waals surface area contributed by atoms with Gasteiger partial charge in [0.25, 0.3) is 5.91 Å². The zero-order valence-electron chi connectivity index (χ0n) is 15.6. The first-order valence-corrected chi connectivity index (χ1v) is 9.31. The summed E-state index contributed by atoms with van der Waals surface area (Å²) in [6.45, 7) is 5.58. The van der Waals surface area contributed by atoms with Gasteiger partial charge in [0.2, 0.25) is 5.91 Å². The quantitative estimate of drug-likeness (QED) is 0.769. The molecule has 1 aliphatic rings. The van der Waals surface area contributed by atoms with Crippen LogP contribution in [-0.4, -0.2) is 48.9 Å². The minimum atomic E-state index is -0.491. The highest BCUT2D eigenvalue weighted by Crippen LogP contribution is 2.15. The van der Waals surface area contributed by atoms with Crippen LogP contribution in [0.15, 0.2) is 24.3 Å². The molecule has 1 aliphatic heterocycles. The van der Waals surface area contributed by atoms with E-state index in [1.165, 1.54) is 0 Å². The van der Waals surface area contributed by atoms with Gasteiger partial charge in [0, 0.05) is 29.7 Å². The smallest absolute Gasteiger partial charge is 0.251 e. The monoisotopic (exact) mass is 401 g/mol. The van der Waals surface area contributed by atoms with Gasteiger partial charge < -0.3 is 15.5 Å². The standard InChI is InChI=1S/C19H28ClN3O2.ClH/c1-13(2)12-17(19(25)23-10-8-16(21-3)9-11-23)22-18(24)14-4-6-15(20)7-5-14;/h4-7,13,16-17,21H,8-12H2,1-3H3,(H,22,24);1H. The summed E-state index contributed by atoms with van der Waals surface area (Å²) in [4.78, 5) is 27.3. The van der Waals surface area contributed by atoms with Crippen LogP contribution in [0.5, 0.6) is 0 Å². The van der Waals surface area contributed by atoms with E-state index in [0.29, 0.717) is 29.0 Å². The fraction of sp³-hybridized carbons (Fsp3) is 0.579. The van der Waals surface area contributed by atoms with E-state index in [4.69, 9.17) is 11.6 Å². The molecule has 1 aromatic carbocycles. The number of nitrogens with zero attached hydrogens (tertiary/aromatic N) is 1. The van der Waals surface area contributed by atoms with Crippen molar-refractivity contribution in [1.82, 2.24) is 15.5 Å². The number of benzene rings is 1. The zero-order valence-corrected chi connectivity index (χ0v) is 17.2. The summed E-state index contributed by atoms with van der Waals surface area (Å²) in [6, 6.07) is 6.68. The third-order valence-corrected chi connectivity index (χ3v) is 4.88. The molecule has 5 nitrogen and oxygen atoms in total. The predicted molar refractivity (Wildman–Crippen MR) is 108 cm³/mol. The van der Waals surface area contributed by atoms with Crippen molar-refractivity contribution in [3.63, 3.8) is 0 Å². The van der Waals surface area contributed by atoms with Gasteiger partial charge in [-0.1, -0.05) is 25.4 Å². The van der Waals surface area contributed by atoms with Gasteiger partial charge in [-0.3, -0.25) is 9.59 Å². The first-order valence-electron chi connectivity index (χ1n) is 8.93. The van der Waals surface area contributed by atoms with Gasteiger partial charge >= 0.3 is 0 Å². The Kier molecular flexibility index (Phi) is 9.41. The van der Waals surface area contributed by atoms with Gasteiger partial charge in [0.1, 0.15) is 6.04 Å². The molecule has 2 amide bonds. The third-order valence-electron chi connectivity index (χ3n) is 4.63. The molecule has 0 saturated carbocycles. The molecule has 1 fully saturated rings. The lowest BCUT2D eigenvalue weighted by molar-refractivity contribution is -0.134. The number of halogens is 2. The van der Waals surface area contributed by atoms with Crippen molar-refractivity contribution in [3.05, 3.63) is 34.9 Å². The molecular formula is C19H29Cl2N3O2. The SMILES string of the molecule is CNC1CCN(C(=O)C(CC(C)C)NC(=O)c2ccc(Cl)cc2)CC1.Cl. The number of hydrogen-bond donors (Lipinski definition) is 2. The number of piperidine rings is 1. The highest BCUT2D eigenvalue weighted by atomic mass is 35.5. The Labute approximate surface area is 167 Å². The zero-order chi connectivity index (χ0) is 18.4. The molecule has 1 unspecified atom stereocenters. The maximum Gasteiger partial charge on any atom is 0.251 e. The van der Waals surface area contributed by atoms with Gasteiger partial charge in [-0.25, -0.2) is 0 Å². The topological polar surface area (TPSA) is 61.4 Å². The number of amides is 2. The van der Waals surface area contributed by atoms with Crippen LogP contribution in [0.1, 0.15) is 43.5 Å². The number of carbonyl (C=O) groups excluding carboxylic acids is 2. The van der Waals surface area contributed by atoms with Crippen LogP contribution in [0.25, 0.3) is 0 Å². The highest BCUT2D eigenvalue weighted by Gasteiger charge is 2.29. The average Bonchev–Trinajstić information content (AvgIpc) is 2.60. The summed E-state index contributed by atoms with van der Waals surface area (Å²) in [5.41, 5.74) is 0.514. The number of rotatable bonds is 6. The largest absolute Gasteiger partial charge is 0.341 e. The van der Waals surface area contributed by atoms with E-state index < -0.39 is 6.04 Å². The molecule has 1 aromatic rings. The Morgan fingerprint density at radius 3 is 2.27 bits per heavy atom. The summed E-state index contributed by atoms with van der Waals surface area (Å²) < 4.78 is 0. The predicted octanol–water partition coefficient (Wildman–Crippen LogP) is 3.12. The Morgan fingerprint density at radius 1 is 1.19 bits per heavy atom. The summed E-state index contributed by atoms with van der Waals surface area (Å²) in [7, 11) is 1.95. The van der Waals surface area contributed by atoms with E-state index in [0.717, 1.165) is 25.9 Å². The fourth-order valence-electron chi connectivity index (χ4n) is 3.14. The first-order chi connectivity index (χ1) is 11.9. The maximum absolute atomic E-state index is 12.9. The number of nitrogens with one attached hydrogen (secondary N) is 2. The molecule has 26 heavy (non-hydrogen) atoms. The van der Waals surface area contributed by atoms with Crippen molar-refractivity contribution in [2.75, 3.05) is 20.1 Å². The van der Waals surface area contributed by atoms with Crippen molar-refractivity contribution >= 4 is 35.8 Å². The van der Waals surface area contributed by atoms with E-state index in [9.17, 15) is 9.59 Å². The van der Waals surface area contributed by atoms with Crippen LogP contribution in [0.2, 0.25) is 5.02 Å². The number of hydrogen-bond acceptors (Lipinski definition) is 3. The summed E-state index contributed by atoms with van der Waals surface area (Å²) in [6.07, 6.45) is 2.52. The lowest BCUT2D eigenvalue weighted by Gasteiger charge is -2.34. The van der Waals surface area contributed by atoms with E-state index >= 15 is 0 Å². The van der Waals surface area contributed by atoms with Gasteiger partial charge in [-0.2, -0.15) is 0 Å². The van der Waals surface area contributed by atoms with Gasteiger partial charge in [0.05, 0.1) is 0 Å². The van der Waals surface area contributed by atoms with Crippen molar-refractivity contribution in [2.24, 2.45) is 5.92 Å². The van der Waals surface area contributed by atoms with E-state index in [1.54, 1.807) is 24.3 Å². The third kappa shape index (κ3) is 6.45. The molecule has 7 heteroatoms. The second-order valence-electron chi connectivity index (χ2n) is 7.05. The first kappa shape index (κ1) is 22.7. The van der Waals surface area contributed by atoms with Gasteiger partial charge in [-0.15, -0.1) is 12.4 Å². The highest BCUT2D eigenvalue weighted by molar-refractivity contribution is 6.30. The summed E-state index contributed by atoms with van der Waals surface area (Å²) >= 11 is 5.87. The minimum absolute atomic E-state index is 0. The van der Waals surface area contributed by atoms with Crippen molar-refractivity contribution in [3.8, 4) is 0 Å². The lowest BCUT2D eigenvalue weighted by atomic mass is 9.99. The maximum atomic E-state index is 12.9. The molecule has 2 N–H and O–H groups in total. The summed E-state index contributed by atoms with van der Waals surface area (Å²) in [5, 5.41) is 6.76. The Bertz CT molecular complexity index is 585. The second kappa shape index (κ2) is 10.8. The van der Waals surface area contributed by atoms with Crippen molar-refractivity contribution in [1.29, 1.82) is 0 Å². The molecule has 0 spiro atoms. The molecule has 146 valence electrons. The van der Waals surface area contributed by atoms with Crippen molar-refractivity contribution in [2.45, 2.75) is 45.2 Å². The minimum Gasteiger partial charge on any atom is -0.341 e. The molecule has 2 rings (SSSR count). The molecule has 1 heterocycles. The van der Waals surface area contributed by atoms with Crippen LogP contribution in [0, 0.1) is 5.92 Å². The van der Waals surface area contributed by atoms with Gasteiger partial charge in [0.15, 0.2) is 0 Å². The van der Waals surface area contributed by atoms with Crippen molar-refractivity contribution < 1.29 is 9.59 Å².